The van der Waals surface area contributed by atoms with Crippen LogP contribution in [-0.2, 0) is 4.79 Å². The predicted octanol–water partition coefficient (Wildman–Crippen LogP) is -1.22. The number of carbonyl (C=O) groups excluding carboxylic acids is 1. The summed E-state index contributed by atoms with van der Waals surface area (Å²) < 4.78 is 0. The normalized spacial score (nSPS) is 33.6. The summed E-state index contributed by atoms with van der Waals surface area (Å²) in [5.41, 5.74) is 5.21. The molecule has 0 aromatic rings. The molecule has 1 fully saturated rings. The molecular weight excluding hydrogens is 142 g/mol. The van der Waals surface area contributed by atoms with E-state index in [1.165, 1.54) is 0 Å². The molecular formula is C7H14N3O. The Morgan fingerprint density at radius 3 is 2.73 bits per heavy atom. The zero-order valence-corrected chi connectivity index (χ0v) is 6.95. The fourth-order valence-electron chi connectivity index (χ4n) is 1.48. The van der Waals surface area contributed by atoms with Gasteiger partial charge in [0.25, 0.3) is 0 Å². The SMILES string of the molecule is CC1[N]CCN(C)C1C(N)=O. The van der Waals surface area contributed by atoms with E-state index in [1.54, 1.807) is 0 Å². The maximum atomic E-state index is 10.9. The second kappa shape index (κ2) is 3.19. The van der Waals surface area contributed by atoms with Crippen LogP contribution < -0.4 is 11.1 Å². The quantitative estimate of drug-likeness (QED) is 0.517. The van der Waals surface area contributed by atoms with E-state index >= 15 is 0 Å². The molecule has 2 unspecified atom stereocenters. The van der Waals surface area contributed by atoms with Crippen LogP contribution in [-0.4, -0.2) is 43.0 Å². The van der Waals surface area contributed by atoms with Gasteiger partial charge in [-0.2, -0.15) is 0 Å². The lowest BCUT2D eigenvalue weighted by atomic mass is 10.1. The van der Waals surface area contributed by atoms with Gasteiger partial charge < -0.3 is 5.73 Å². The molecule has 1 aliphatic rings. The summed E-state index contributed by atoms with van der Waals surface area (Å²) in [6, 6.07) is -0.157. The summed E-state index contributed by atoms with van der Waals surface area (Å²) in [5.74, 6) is -0.275. The van der Waals surface area contributed by atoms with Gasteiger partial charge in [0.15, 0.2) is 0 Å². The zero-order valence-electron chi connectivity index (χ0n) is 6.95. The number of carbonyl (C=O) groups is 1. The molecule has 0 spiro atoms. The molecule has 63 valence electrons. The third-order valence-electron chi connectivity index (χ3n) is 2.09. The summed E-state index contributed by atoms with van der Waals surface area (Å²) in [6.07, 6.45) is 0. The van der Waals surface area contributed by atoms with E-state index in [4.69, 9.17) is 5.73 Å². The summed E-state index contributed by atoms with van der Waals surface area (Å²) >= 11 is 0. The monoisotopic (exact) mass is 156 g/mol. The van der Waals surface area contributed by atoms with Gasteiger partial charge in [-0.05, 0) is 14.0 Å². The number of hydrogen-bond donors (Lipinski definition) is 1. The van der Waals surface area contributed by atoms with Gasteiger partial charge in [-0.25, -0.2) is 5.32 Å². The number of primary amides is 1. The van der Waals surface area contributed by atoms with E-state index in [2.05, 4.69) is 5.32 Å². The lowest BCUT2D eigenvalue weighted by Crippen LogP contribution is -2.57. The van der Waals surface area contributed by atoms with Crippen LogP contribution in [0.1, 0.15) is 6.92 Å². The van der Waals surface area contributed by atoms with Crippen LogP contribution in [0.15, 0.2) is 0 Å². The van der Waals surface area contributed by atoms with Crippen LogP contribution in [0.2, 0.25) is 0 Å². The molecule has 1 heterocycles. The number of amides is 1. The van der Waals surface area contributed by atoms with Crippen LogP contribution in [0.25, 0.3) is 0 Å². The number of nitrogens with zero attached hydrogens (tertiary/aromatic N) is 2. The lowest BCUT2D eigenvalue weighted by molar-refractivity contribution is -0.124. The van der Waals surface area contributed by atoms with Crippen molar-refractivity contribution < 1.29 is 4.79 Å². The number of hydrogen-bond acceptors (Lipinski definition) is 2. The lowest BCUT2D eigenvalue weighted by Gasteiger charge is -2.34. The zero-order chi connectivity index (χ0) is 8.43. The highest BCUT2D eigenvalue weighted by Gasteiger charge is 2.30. The molecule has 11 heavy (non-hydrogen) atoms. The van der Waals surface area contributed by atoms with Gasteiger partial charge in [0.1, 0.15) is 6.04 Å². The maximum Gasteiger partial charge on any atom is 0.236 e. The van der Waals surface area contributed by atoms with Gasteiger partial charge in [-0.15, -0.1) is 0 Å². The minimum Gasteiger partial charge on any atom is -0.368 e. The van der Waals surface area contributed by atoms with E-state index < -0.39 is 0 Å². The number of piperazine rings is 1. The van der Waals surface area contributed by atoms with Gasteiger partial charge in [0.2, 0.25) is 5.91 Å². The van der Waals surface area contributed by atoms with E-state index in [1.807, 2.05) is 18.9 Å². The average molecular weight is 156 g/mol. The van der Waals surface area contributed by atoms with Crippen molar-refractivity contribution in [2.75, 3.05) is 20.1 Å². The molecule has 1 amide bonds. The van der Waals surface area contributed by atoms with Crippen molar-refractivity contribution in [2.24, 2.45) is 5.73 Å². The Bertz CT molecular complexity index is 150. The van der Waals surface area contributed by atoms with E-state index in [0.717, 1.165) is 13.1 Å². The molecule has 1 saturated heterocycles. The minimum atomic E-state index is -0.275. The van der Waals surface area contributed by atoms with Crippen molar-refractivity contribution in [3.63, 3.8) is 0 Å². The molecule has 0 saturated carbocycles. The van der Waals surface area contributed by atoms with Gasteiger partial charge in [-0.3, -0.25) is 9.69 Å². The third kappa shape index (κ3) is 1.70. The summed E-state index contributed by atoms with van der Waals surface area (Å²) in [7, 11) is 1.90. The highest BCUT2D eigenvalue weighted by molar-refractivity contribution is 5.80. The first-order valence-corrected chi connectivity index (χ1v) is 3.79. The van der Waals surface area contributed by atoms with Gasteiger partial charge in [-0.1, -0.05) is 0 Å². The first-order chi connectivity index (χ1) is 5.13. The Morgan fingerprint density at radius 2 is 2.36 bits per heavy atom. The molecule has 0 aliphatic carbocycles. The molecule has 2 N–H and O–H groups in total. The number of nitrogens with two attached hydrogens (primary N) is 1. The molecule has 1 radical (unpaired) electrons. The first-order valence-electron chi connectivity index (χ1n) is 3.79. The highest BCUT2D eigenvalue weighted by Crippen LogP contribution is 2.06. The molecule has 0 bridgehead atoms. The van der Waals surface area contributed by atoms with Crippen LogP contribution in [0.5, 0.6) is 0 Å². The van der Waals surface area contributed by atoms with E-state index in [0.29, 0.717) is 0 Å². The summed E-state index contributed by atoms with van der Waals surface area (Å²) in [4.78, 5) is 12.9. The average Bonchev–Trinajstić information content (AvgIpc) is 1.85. The van der Waals surface area contributed by atoms with Crippen molar-refractivity contribution in [3.8, 4) is 0 Å². The fourth-order valence-corrected chi connectivity index (χ4v) is 1.48. The summed E-state index contributed by atoms with van der Waals surface area (Å²) in [5, 5.41) is 4.24. The molecule has 1 aliphatic heterocycles. The maximum absolute atomic E-state index is 10.9. The van der Waals surface area contributed by atoms with Gasteiger partial charge in [0, 0.05) is 19.1 Å². The Hall–Kier alpha value is -0.610. The molecule has 4 nitrogen and oxygen atoms in total. The molecule has 0 aromatic carbocycles. The Morgan fingerprint density at radius 1 is 1.73 bits per heavy atom. The Kier molecular flexibility index (Phi) is 2.46. The smallest absolute Gasteiger partial charge is 0.236 e. The van der Waals surface area contributed by atoms with Crippen molar-refractivity contribution >= 4 is 5.91 Å². The second-order valence-electron chi connectivity index (χ2n) is 2.97. The standard InChI is InChI=1S/C7H14N3O/c1-5-6(7(8)11)10(2)4-3-9-5/h5-6H,3-4H2,1-2H3,(H2,8,11). The number of rotatable bonds is 1. The first kappa shape index (κ1) is 8.49. The fraction of sp³-hybridized carbons (Fsp3) is 0.857. The minimum absolute atomic E-state index is 0.0475. The molecule has 4 heteroatoms. The largest absolute Gasteiger partial charge is 0.368 e. The highest BCUT2D eigenvalue weighted by atomic mass is 16.1. The Balaban J connectivity index is 2.62. The van der Waals surface area contributed by atoms with Crippen LogP contribution in [0.4, 0.5) is 0 Å². The van der Waals surface area contributed by atoms with Crippen molar-refractivity contribution in [1.29, 1.82) is 0 Å². The van der Waals surface area contributed by atoms with Crippen LogP contribution >= 0.6 is 0 Å². The van der Waals surface area contributed by atoms with Crippen molar-refractivity contribution in [3.05, 3.63) is 0 Å². The molecule has 0 aromatic heterocycles. The van der Waals surface area contributed by atoms with E-state index in [-0.39, 0.29) is 18.0 Å². The predicted molar refractivity (Wildman–Crippen MR) is 42.1 cm³/mol. The second-order valence-corrected chi connectivity index (χ2v) is 2.97. The van der Waals surface area contributed by atoms with E-state index in [9.17, 15) is 4.79 Å². The van der Waals surface area contributed by atoms with Crippen molar-refractivity contribution in [2.45, 2.75) is 19.0 Å². The van der Waals surface area contributed by atoms with Crippen LogP contribution in [0, 0.1) is 0 Å². The summed E-state index contributed by atoms with van der Waals surface area (Å²) in [6.45, 7) is 3.56. The molecule has 1 rings (SSSR count). The van der Waals surface area contributed by atoms with Crippen molar-refractivity contribution in [1.82, 2.24) is 10.2 Å². The Labute approximate surface area is 66.7 Å². The van der Waals surface area contributed by atoms with Gasteiger partial charge >= 0.3 is 0 Å². The third-order valence-corrected chi connectivity index (χ3v) is 2.09. The molecule has 2 atom stereocenters. The van der Waals surface area contributed by atoms with Gasteiger partial charge in [0.05, 0.1) is 0 Å². The topological polar surface area (TPSA) is 60.4 Å². The number of likely N-dealkylation sites (N-methyl/N-ethyl adjacent to an activating group) is 1. The van der Waals surface area contributed by atoms with Crippen LogP contribution in [0.3, 0.4) is 0 Å².